The van der Waals surface area contributed by atoms with Gasteiger partial charge in [0.15, 0.2) is 0 Å². The van der Waals surface area contributed by atoms with Crippen LogP contribution in [0, 0.1) is 0 Å². The molecule has 1 spiro atoms. The zero-order chi connectivity index (χ0) is 25.6. The molecule has 2 fully saturated rings. The molecular weight excluding hydrogens is 458 g/mol. The van der Waals surface area contributed by atoms with E-state index < -0.39 is 5.54 Å². The van der Waals surface area contributed by atoms with Crippen molar-refractivity contribution < 1.29 is 24.2 Å². The van der Waals surface area contributed by atoms with Crippen molar-refractivity contribution in [2.24, 2.45) is 0 Å². The quantitative estimate of drug-likeness (QED) is 0.688. The first kappa shape index (κ1) is 24.0. The SMILES string of the molecule is CCN1C(=O)N2Cc3cc(O)cc(OC)c3C(C)C=C2C12CCN(C(=O)c1cccc(OC)c1)CC2. The minimum absolute atomic E-state index is 0.00604. The van der Waals surface area contributed by atoms with E-state index in [1.807, 2.05) is 39.8 Å². The van der Waals surface area contributed by atoms with E-state index in [4.69, 9.17) is 9.47 Å². The van der Waals surface area contributed by atoms with Crippen molar-refractivity contribution >= 4 is 11.9 Å². The number of carbonyl (C=O) groups excluding carboxylic acids is 2. The highest BCUT2D eigenvalue weighted by molar-refractivity contribution is 5.94. The van der Waals surface area contributed by atoms with Crippen molar-refractivity contribution in [3.8, 4) is 17.2 Å². The number of piperidine rings is 1. The van der Waals surface area contributed by atoms with Crippen molar-refractivity contribution in [3.05, 3.63) is 64.9 Å². The van der Waals surface area contributed by atoms with Gasteiger partial charge in [-0.2, -0.15) is 0 Å². The second-order valence-corrected chi connectivity index (χ2v) is 9.73. The summed E-state index contributed by atoms with van der Waals surface area (Å²) in [5, 5.41) is 10.3. The Morgan fingerprint density at radius 1 is 1.14 bits per heavy atom. The fourth-order valence-electron chi connectivity index (χ4n) is 6.18. The number of hydrogen-bond donors (Lipinski definition) is 1. The van der Waals surface area contributed by atoms with E-state index in [9.17, 15) is 14.7 Å². The Morgan fingerprint density at radius 3 is 2.56 bits per heavy atom. The summed E-state index contributed by atoms with van der Waals surface area (Å²) in [5.74, 6) is 1.38. The molecule has 0 radical (unpaired) electrons. The Hall–Kier alpha value is -3.68. The number of likely N-dealkylation sites (N-methyl/N-ethyl adjacent to an activating group) is 1. The Labute approximate surface area is 211 Å². The predicted octanol–water partition coefficient (Wildman–Crippen LogP) is 4.34. The van der Waals surface area contributed by atoms with Gasteiger partial charge in [0.2, 0.25) is 0 Å². The Kier molecular flexibility index (Phi) is 6.06. The summed E-state index contributed by atoms with van der Waals surface area (Å²) < 4.78 is 10.9. The largest absolute Gasteiger partial charge is 0.508 e. The first-order valence-corrected chi connectivity index (χ1v) is 12.5. The number of aromatic hydroxyl groups is 1. The van der Waals surface area contributed by atoms with Gasteiger partial charge in [-0.05, 0) is 49.6 Å². The van der Waals surface area contributed by atoms with Gasteiger partial charge in [0.1, 0.15) is 17.2 Å². The lowest BCUT2D eigenvalue weighted by Gasteiger charge is -2.44. The number of carbonyl (C=O) groups is 2. The van der Waals surface area contributed by atoms with Crippen LogP contribution in [0.1, 0.15) is 54.1 Å². The number of fused-ring (bicyclic) bond motifs is 3. The van der Waals surface area contributed by atoms with Crippen LogP contribution < -0.4 is 9.47 Å². The summed E-state index contributed by atoms with van der Waals surface area (Å²) >= 11 is 0. The van der Waals surface area contributed by atoms with Gasteiger partial charge < -0.3 is 24.4 Å². The van der Waals surface area contributed by atoms with E-state index >= 15 is 0 Å². The molecule has 8 heteroatoms. The Bertz CT molecular complexity index is 1230. The molecule has 2 saturated heterocycles. The molecule has 36 heavy (non-hydrogen) atoms. The maximum absolute atomic E-state index is 13.7. The lowest BCUT2D eigenvalue weighted by molar-refractivity contribution is 0.0575. The molecule has 2 aromatic rings. The molecule has 8 nitrogen and oxygen atoms in total. The average molecular weight is 492 g/mol. The molecule has 3 heterocycles. The molecule has 190 valence electrons. The minimum Gasteiger partial charge on any atom is -0.508 e. The van der Waals surface area contributed by atoms with Gasteiger partial charge in [-0.1, -0.05) is 19.1 Å². The van der Waals surface area contributed by atoms with Crippen LogP contribution in [0.4, 0.5) is 4.79 Å². The summed E-state index contributed by atoms with van der Waals surface area (Å²) in [6, 6.07) is 10.6. The van der Waals surface area contributed by atoms with Crippen LogP contribution in [0.5, 0.6) is 17.2 Å². The predicted molar refractivity (Wildman–Crippen MR) is 135 cm³/mol. The van der Waals surface area contributed by atoms with Crippen molar-refractivity contribution in [2.75, 3.05) is 33.9 Å². The Balaban J connectivity index is 1.47. The maximum Gasteiger partial charge on any atom is 0.325 e. The van der Waals surface area contributed by atoms with Crippen molar-refractivity contribution in [1.29, 1.82) is 0 Å². The first-order chi connectivity index (χ1) is 17.3. The fourth-order valence-corrected chi connectivity index (χ4v) is 6.18. The lowest BCUT2D eigenvalue weighted by atomic mass is 9.82. The summed E-state index contributed by atoms with van der Waals surface area (Å²) in [7, 11) is 3.19. The van der Waals surface area contributed by atoms with Crippen molar-refractivity contribution in [1.82, 2.24) is 14.7 Å². The second-order valence-electron chi connectivity index (χ2n) is 9.73. The fraction of sp³-hybridized carbons (Fsp3) is 0.429. The number of ether oxygens (including phenoxy) is 2. The zero-order valence-corrected chi connectivity index (χ0v) is 21.3. The number of urea groups is 1. The summed E-state index contributed by atoms with van der Waals surface area (Å²) in [6.45, 7) is 6.17. The van der Waals surface area contributed by atoms with Crippen LogP contribution in [0.2, 0.25) is 0 Å². The number of benzene rings is 2. The lowest BCUT2D eigenvalue weighted by Crippen LogP contribution is -2.54. The molecule has 1 N–H and O–H groups in total. The normalized spacial score (nSPS) is 20.6. The first-order valence-electron chi connectivity index (χ1n) is 12.5. The summed E-state index contributed by atoms with van der Waals surface area (Å²) in [5.41, 5.74) is 3.01. The molecule has 0 aliphatic carbocycles. The van der Waals surface area contributed by atoms with E-state index in [0.29, 0.717) is 56.1 Å². The number of allylic oxidation sites excluding steroid dienone is 1. The van der Waals surface area contributed by atoms with Crippen molar-refractivity contribution in [2.45, 2.75) is 44.7 Å². The van der Waals surface area contributed by atoms with E-state index in [2.05, 4.69) is 13.0 Å². The van der Waals surface area contributed by atoms with Gasteiger partial charge >= 0.3 is 6.03 Å². The maximum atomic E-state index is 13.7. The molecule has 3 amide bonds. The molecule has 3 aliphatic heterocycles. The number of likely N-dealkylation sites (tertiary alicyclic amines) is 1. The highest BCUT2D eigenvalue weighted by Gasteiger charge is 2.55. The van der Waals surface area contributed by atoms with E-state index in [1.165, 1.54) is 0 Å². The minimum atomic E-state index is -0.470. The van der Waals surface area contributed by atoms with Gasteiger partial charge in [-0.3, -0.25) is 9.69 Å². The number of rotatable bonds is 4. The molecule has 3 aliphatic rings. The molecule has 1 unspecified atom stereocenters. The molecule has 2 aromatic carbocycles. The third-order valence-corrected chi connectivity index (χ3v) is 7.88. The molecule has 1 atom stereocenters. The number of methoxy groups -OCH3 is 2. The molecule has 0 saturated carbocycles. The highest BCUT2D eigenvalue weighted by atomic mass is 16.5. The van der Waals surface area contributed by atoms with Gasteiger partial charge in [0.25, 0.3) is 5.91 Å². The van der Waals surface area contributed by atoms with Gasteiger partial charge in [0.05, 0.1) is 26.3 Å². The van der Waals surface area contributed by atoms with E-state index in [-0.39, 0.29) is 23.6 Å². The highest BCUT2D eigenvalue weighted by Crippen LogP contribution is 2.49. The number of phenolic OH excluding ortho intramolecular Hbond substituents is 1. The standard InChI is InChI=1S/C28H33N3O5/c1-5-31-27(34)30-17-20-14-21(32)16-23(36-4)25(20)18(2)13-24(30)28(31)9-11-29(12-10-28)26(33)19-7-6-8-22(15-19)35-3/h6-8,13-16,18,32H,5,9-12,17H2,1-4H3. The third kappa shape index (κ3) is 3.67. The van der Waals surface area contributed by atoms with Gasteiger partial charge in [-0.15, -0.1) is 0 Å². The summed E-state index contributed by atoms with van der Waals surface area (Å²) in [4.78, 5) is 32.6. The van der Waals surface area contributed by atoms with Crippen LogP contribution in [-0.4, -0.2) is 71.1 Å². The molecule has 0 aromatic heterocycles. The van der Waals surface area contributed by atoms with Crippen LogP contribution in [-0.2, 0) is 6.54 Å². The topological polar surface area (TPSA) is 82.6 Å². The smallest absolute Gasteiger partial charge is 0.325 e. The monoisotopic (exact) mass is 491 g/mol. The van der Waals surface area contributed by atoms with E-state index in [1.54, 1.807) is 32.4 Å². The number of nitrogens with zero attached hydrogens (tertiary/aromatic N) is 3. The van der Waals surface area contributed by atoms with Crippen LogP contribution in [0.3, 0.4) is 0 Å². The van der Waals surface area contributed by atoms with Crippen molar-refractivity contribution in [3.63, 3.8) is 0 Å². The van der Waals surface area contributed by atoms with Crippen LogP contribution in [0.25, 0.3) is 0 Å². The van der Waals surface area contributed by atoms with Gasteiger partial charge in [0, 0.05) is 48.4 Å². The third-order valence-electron chi connectivity index (χ3n) is 7.88. The second kappa shape index (κ2) is 9.08. The summed E-state index contributed by atoms with van der Waals surface area (Å²) in [6.07, 6.45) is 3.50. The number of amides is 3. The van der Waals surface area contributed by atoms with Gasteiger partial charge in [-0.25, -0.2) is 4.79 Å². The average Bonchev–Trinajstić information content (AvgIpc) is 2.99. The number of phenols is 1. The van der Waals surface area contributed by atoms with Crippen LogP contribution >= 0.6 is 0 Å². The molecule has 0 bridgehead atoms. The van der Waals surface area contributed by atoms with Crippen LogP contribution in [0.15, 0.2) is 48.2 Å². The zero-order valence-electron chi connectivity index (χ0n) is 21.3. The molecule has 5 rings (SSSR count). The van der Waals surface area contributed by atoms with E-state index in [0.717, 1.165) is 16.8 Å². The number of hydrogen-bond acceptors (Lipinski definition) is 5. The molecular formula is C28H33N3O5. The Morgan fingerprint density at radius 2 is 1.89 bits per heavy atom.